The van der Waals surface area contributed by atoms with Gasteiger partial charge in [0.2, 0.25) is 0 Å². The highest BCUT2D eigenvalue weighted by Gasteiger charge is 2.24. The van der Waals surface area contributed by atoms with E-state index < -0.39 is 5.97 Å². The molecule has 1 saturated carbocycles. The second kappa shape index (κ2) is 6.22. The molecule has 0 amide bonds. The fourth-order valence-corrected chi connectivity index (χ4v) is 3.17. The highest BCUT2D eigenvalue weighted by molar-refractivity contribution is 5.86. The van der Waals surface area contributed by atoms with Gasteiger partial charge >= 0.3 is 5.97 Å². The van der Waals surface area contributed by atoms with Crippen LogP contribution in [0.5, 0.6) is 5.75 Å². The van der Waals surface area contributed by atoms with Crippen molar-refractivity contribution in [1.29, 1.82) is 0 Å². The summed E-state index contributed by atoms with van der Waals surface area (Å²) >= 11 is 0. The van der Waals surface area contributed by atoms with E-state index in [0.29, 0.717) is 17.4 Å². The van der Waals surface area contributed by atoms with E-state index in [1.54, 1.807) is 23.0 Å². The minimum Gasteiger partial charge on any atom is -0.482 e. The van der Waals surface area contributed by atoms with Crippen molar-refractivity contribution in [2.75, 3.05) is 11.9 Å². The van der Waals surface area contributed by atoms with E-state index in [2.05, 4.69) is 10.3 Å². The van der Waals surface area contributed by atoms with Gasteiger partial charge in [0.15, 0.2) is 29.2 Å². The van der Waals surface area contributed by atoms with E-state index in [4.69, 9.17) is 19.9 Å². The molecule has 1 fully saturated rings. The first-order valence-corrected chi connectivity index (χ1v) is 9.01. The molecule has 2 N–H and O–H groups in total. The maximum absolute atomic E-state index is 10.7. The van der Waals surface area contributed by atoms with E-state index in [-0.39, 0.29) is 6.61 Å². The summed E-state index contributed by atoms with van der Waals surface area (Å²) in [4.78, 5) is 19.9. The molecular weight excluding hydrogens is 360 g/mol. The number of benzene rings is 1. The van der Waals surface area contributed by atoms with Crippen molar-refractivity contribution in [1.82, 2.24) is 24.1 Å². The number of aryl methyl sites for hydroxylation is 1. The van der Waals surface area contributed by atoms with Crippen LogP contribution in [0.4, 0.5) is 5.82 Å². The average molecular weight is 378 g/mol. The molecule has 28 heavy (non-hydrogen) atoms. The van der Waals surface area contributed by atoms with Gasteiger partial charge in [0.1, 0.15) is 5.75 Å². The molecule has 0 radical (unpaired) electrons. The minimum atomic E-state index is -1.02. The number of carboxylic acid groups (broad SMARTS) is 1. The summed E-state index contributed by atoms with van der Waals surface area (Å²) in [5.74, 6) is 0.235. The third-order valence-corrected chi connectivity index (χ3v) is 4.66. The monoisotopic (exact) mass is 378 g/mol. The highest BCUT2D eigenvalue weighted by Crippen LogP contribution is 2.30. The number of aliphatic carboxylic acids is 1. The van der Waals surface area contributed by atoms with E-state index in [9.17, 15) is 4.79 Å². The molecule has 9 heteroatoms. The smallest absolute Gasteiger partial charge is 0.341 e. The predicted molar refractivity (Wildman–Crippen MR) is 102 cm³/mol. The van der Waals surface area contributed by atoms with Crippen LogP contribution in [0.25, 0.3) is 28.1 Å². The summed E-state index contributed by atoms with van der Waals surface area (Å²) in [5.41, 5.74) is 3.90. The molecule has 3 aromatic heterocycles. The van der Waals surface area contributed by atoms with Gasteiger partial charge in [-0.15, -0.1) is 0 Å². The predicted octanol–water partition coefficient (Wildman–Crippen LogP) is 2.32. The maximum Gasteiger partial charge on any atom is 0.341 e. The Kier molecular flexibility index (Phi) is 3.68. The molecule has 0 spiro atoms. The van der Waals surface area contributed by atoms with Gasteiger partial charge in [0.05, 0.1) is 12.0 Å². The average Bonchev–Trinajstić information content (AvgIpc) is 3.25. The molecule has 0 aliphatic heterocycles. The van der Waals surface area contributed by atoms with Gasteiger partial charge in [-0.3, -0.25) is 0 Å². The Hall–Kier alpha value is -3.62. The van der Waals surface area contributed by atoms with Crippen LogP contribution in [-0.4, -0.2) is 47.9 Å². The quantitative estimate of drug-likeness (QED) is 0.530. The molecule has 1 aliphatic rings. The van der Waals surface area contributed by atoms with Crippen molar-refractivity contribution in [3.63, 3.8) is 0 Å². The molecule has 0 atom stereocenters. The normalized spacial score (nSPS) is 13.9. The van der Waals surface area contributed by atoms with Crippen molar-refractivity contribution >= 4 is 28.6 Å². The number of fused-ring (bicyclic) bond motifs is 3. The zero-order valence-corrected chi connectivity index (χ0v) is 15.2. The van der Waals surface area contributed by atoms with E-state index >= 15 is 0 Å². The van der Waals surface area contributed by atoms with Crippen molar-refractivity contribution in [2.24, 2.45) is 7.05 Å². The Morgan fingerprint density at radius 1 is 1.36 bits per heavy atom. The van der Waals surface area contributed by atoms with Gasteiger partial charge in [-0.1, -0.05) is 12.1 Å². The lowest BCUT2D eigenvalue weighted by atomic mass is 10.1. The molecule has 0 unspecified atom stereocenters. The fraction of sp³-hybridized carbons (Fsp3) is 0.263. The molecular formula is C19H18N6O3. The fourth-order valence-electron chi connectivity index (χ4n) is 3.17. The number of carbonyl (C=O) groups is 1. The van der Waals surface area contributed by atoms with Crippen molar-refractivity contribution in [2.45, 2.75) is 18.9 Å². The number of nitrogens with zero attached hydrogens (tertiary/aromatic N) is 5. The summed E-state index contributed by atoms with van der Waals surface area (Å²) in [7, 11) is 1.93. The zero-order chi connectivity index (χ0) is 19.3. The van der Waals surface area contributed by atoms with Crippen molar-refractivity contribution in [3.05, 3.63) is 36.7 Å². The summed E-state index contributed by atoms with van der Waals surface area (Å²) < 4.78 is 8.98. The number of nitrogens with one attached hydrogen (secondary N) is 1. The van der Waals surface area contributed by atoms with E-state index in [1.807, 2.05) is 29.8 Å². The number of ether oxygens (including phenoxy) is 1. The molecule has 3 heterocycles. The number of aromatic nitrogens is 5. The first-order valence-electron chi connectivity index (χ1n) is 9.01. The Morgan fingerprint density at radius 3 is 3.00 bits per heavy atom. The summed E-state index contributed by atoms with van der Waals surface area (Å²) in [6.45, 7) is -0.387. The molecule has 5 rings (SSSR count). The Morgan fingerprint density at radius 2 is 2.21 bits per heavy atom. The number of hydrogen-bond donors (Lipinski definition) is 2. The molecule has 4 aromatic rings. The molecule has 0 bridgehead atoms. The Labute approximate surface area is 159 Å². The van der Waals surface area contributed by atoms with Gasteiger partial charge in [-0.25, -0.2) is 14.8 Å². The van der Waals surface area contributed by atoms with Crippen molar-refractivity contribution in [3.8, 4) is 17.0 Å². The number of carboxylic acids is 1. The van der Waals surface area contributed by atoms with Gasteiger partial charge < -0.3 is 19.7 Å². The zero-order valence-electron chi connectivity index (χ0n) is 15.2. The lowest BCUT2D eigenvalue weighted by Gasteiger charge is -2.06. The summed E-state index contributed by atoms with van der Waals surface area (Å²) in [6, 6.07) is 9.57. The number of rotatable bonds is 6. The number of hydrogen-bond acceptors (Lipinski definition) is 6. The van der Waals surface area contributed by atoms with Crippen LogP contribution in [0.2, 0.25) is 0 Å². The van der Waals surface area contributed by atoms with Crippen LogP contribution >= 0.6 is 0 Å². The van der Waals surface area contributed by atoms with Crippen LogP contribution in [0.15, 0.2) is 36.7 Å². The van der Waals surface area contributed by atoms with Crippen LogP contribution < -0.4 is 10.1 Å². The molecule has 142 valence electrons. The second-order valence-corrected chi connectivity index (χ2v) is 6.92. The molecule has 9 nitrogen and oxygen atoms in total. The van der Waals surface area contributed by atoms with Crippen LogP contribution in [0.3, 0.4) is 0 Å². The first-order chi connectivity index (χ1) is 13.6. The van der Waals surface area contributed by atoms with Gasteiger partial charge in [-0.2, -0.15) is 9.61 Å². The maximum atomic E-state index is 10.7. The van der Waals surface area contributed by atoms with Crippen LogP contribution in [-0.2, 0) is 11.8 Å². The molecule has 0 saturated heterocycles. The van der Waals surface area contributed by atoms with Crippen LogP contribution in [0.1, 0.15) is 12.8 Å². The standard InChI is InChI=1S/C19H18N6O3/c1-24-10-20-17-18(21-12-5-6-12)22-15-8-14(23-25(15)19(17)24)11-3-2-4-13(7-11)28-9-16(26)27/h2-4,7-8,10,12H,5-6,9H2,1H3,(H,21,22)(H,26,27). The second-order valence-electron chi connectivity index (χ2n) is 6.92. The molecule has 1 aliphatic carbocycles. The van der Waals surface area contributed by atoms with Crippen molar-refractivity contribution < 1.29 is 14.6 Å². The lowest BCUT2D eigenvalue weighted by molar-refractivity contribution is -0.139. The number of imidazole rings is 1. The first kappa shape index (κ1) is 16.5. The summed E-state index contributed by atoms with van der Waals surface area (Å²) in [6.07, 6.45) is 4.05. The van der Waals surface area contributed by atoms with Gasteiger partial charge in [0, 0.05) is 24.7 Å². The SMILES string of the molecule is Cn1cnc2c(NC3CC3)nc3cc(-c4cccc(OCC(=O)O)c4)nn3c21. The van der Waals surface area contributed by atoms with Gasteiger partial charge in [-0.05, 0) is 25.0 Å². The number of anilines is 1. The largest absolute Gasteiger partial charge is 0.482 e. The molecule has 1 aromatic carbocycles. The Balaban J connectivity index is 1.60. The Bertz CT molecular complexity index is 1210. The van der Waals surface area contributed by atoms with E-state index in [1.165, 1.54) is 0 Å². The third kappa shape index (κ3) is 2.90. The highest BCUT2D eigenvalue weighted by atomic mass is 16.5. The summed E-state index contributed by atoms with van der Waals surface area (Å²) in [5, 5.41) is 16.9. The minimum absolute atomic E-state index is 0.387. The lowest BCUT2D eigenvalue weighted by Crippen LogP contribution is -2.09. The van der Waals surface area contributed by atoms with Gasteiger partial charge in [0.25, 0.3) is 0 Å². The third-order valence-electron chi connectivity index (χ3n) is 4.66. The van der Waals surface area contributed by atoms with Crippen LogP contribution in [0, 0.1) is 0 Å². The topological polar surface area (TPSA) is 107 Å². The van der Waals surface area contributed by atoms with E-state index in [0.717, 1.165) is 41.1 Å².